The fourth-order valence-electron chi connectivity index (χ4n) is 2.96. The molecule has 94 valence electrons. The van der Waals surface area contributed by atoms with Crippen molar-refractivity contribution in [3.63, 3.8) is 0 Å². The van der Waals surface area contributed by atoms with Gasteiger partial charge in [0.1, 0.15) is 0 Å². The van der Waals surface area contributed by atoms with Crippen molar-refractivity contribution in [3.05, 3.63) is 18.2 Å². The predicted molar refractivity (Wildman–Crippen MR) is 81.1 cm³/mol. The maximum absolute atomic E-state index is 10.5. The number of fused-ring (bicyclic) bond motifs is 1. The molecule has 2 nitrogen and oxygen atoms in total. The summed E-state index contributed by atoms with van der Waals surface area (Å²) in [4.78, 5) is 10.5. The molecule has 0 bridgehead atoms. The fourth-order valence-corrected chi connectivity index (χ4v) is 16.6. The highest BCUT2D eigenvalue weighted by atomic mass is 28.4. The lowest BCUT2D eigenvalue weighted by molar-refractivity contribution is 0.567. The first-order valence-corrected chi connectivity index (χ1v) is 14.9. The summed E-state index contributed by atoms with van der Waals surface area (Å²) in [5, 5.41) is 4.02. The number of benzene rings is 1. The first-order valence-electron chi connectivity index (χ1n) is 6.13. The third kappa shape index (κ3) is 2.10. The third-order valence-electron chi connectivity index (χ3n) is 3.48. The molecule has 0 radical (unpaired) electrons. The number of hydrogen-bond acceptors (Lipinski definition) is 2. The van der Waals surface area contributed by atoms with E-state index < -0.39 is 25.0 Å². The SMILES string of the molecule is C[Si](C)(O)c1cccc2c1[Si](C)(C)O[Si]2(C)C. The van der Waals surface area contributed by atoms with Crippen LogP contribution in [0.25, 0.3) is 0 Å². The predicted octanol–water partition coefficient (Wildman–Crippen LogP) is 0.945. The third-order valence-corrected chi connectivity index (χ3v) is 13.3. The molecule has 0 fully saturated rings. The maximum Gasteiger partial charge on any atom is 0.213 e. The summed E-state index contributed by atoms with van der Waals surface area (Å²) < 4.78 is 6.43. The van der Waals surface area contributed by atoms with E-state index in [1.54, 1.807) is 0 Å². The Kier molecular flexibility index (Phi) is 2.84. The summed E-state index contributed by atoms with van der Waals surface area (Å²) in [5.74, 6) is 0. The van der Waals surface area contributed by atoms with E-state index in [4.69, 9.17) is 4.12 Å². The van der Waals surface area contributed by atoms with E-state index >= 15 is 0 Å². The van der Waals surface area contributed by atoms with Crippen molar-refractivity contribution in [2.75, 3.05) is 0 Å². The zero-order valence-electron chi connectivity index (χ0n) is 11.6. The van der Waals surface area contributed by atoms with Crippen LogP contribution in [0.4, 0.5) is 0 Å². The van der Waals surface area contributed by atoms with Gasteiger partial charge in [-0.3, -0.25) is 0 Å². The smallest absolute Gasteiger partial charge is 0.213 e. The molecule has 0 aliphatic carbocycles. The minimum absolute atomic E-state index is 1.20. The highest BCUT2D eigenvalue weighted by Gasteiger charge is 2.48. The Labute approximate surface area is 107 Å². The second kappa shape index (κ2) is 3.64. The molecule has 1 aliphatic heterocycles. The highest BCUT2D eigenvalue weighted by molar-refractivity contribution is 7.08. The molecule has 17 heavy (non-hydrogen) atoms. The van der Waals surface area contributed by atoms with Crippen LogP contribution >= 0.6 is 0 Å². The lowest BCUT2D eigenvalue weighted by Gasteiger charge is -2.25. The Morgan fingerprint density at radius 3 is 2.18 bits per heavy atom. The molecule has 0 atom stereocenters. The quantitative estimate of drug-likeness (QED) is 0.777. The number of hydrogen-bond donors (Lipinski definition) is 1. The summed E-state index contributed by atoms with van der Waals surface area (Å²) >= 11 is 0. The van der Waals surface area contributed by atoms with Crippen LogP contribution in [0.3, 0.4) is 0 Å². The Morgan fingerprint density at radius 2 is 1.65 bits per heavy atom. The van der Waals surface area contributed by atoms with Crippen molar-refractivity contribution in [1.82, 2.24) is 0 Å². The standard InChI is InChI=1S/C12H22O2Si3/c1-15(2,13)10-8-7-9-11-12(10)17(5,6)14-16(11,3)4/h7-9,13H,1-6H3. The molecule has 0 aromatic heterocycles. The van der Waals surface area contributed by atoms with Gasteiger partial charge < -0.3 is 8.91 Å². The van der Waals surface area contributed by atoms with Crippen molar-refractivity contribution >= 4 is 40.5 Å². The van der Waals surface area contributed by atoms with Gasteiger partial charge in [-0.25, -0.2) is 0 Å². The van der Waals surface area contributed by atoms with Crippen molar-refractivity contribution in [3.8, 4) is 0 Å². The van der Waals surface area contributed by atoms with Crippen molar-refractivity contribution < 1.29 is 8.91 Å². The van der Waals surface area contributed by atoms with Gasteiger partial charge in [-0.1, -0.05) is 18.2 Å². The highest BCUT2D eigenvalue weighted by Crippen LogP contribution is 2.21. The van der Waals surface area contributed by atoms with Crippen LogP contribution in [-0.4, -0.2) is 29.7 Å². The van der Waals surface area contributed by atoms with Crippen LogP contribution in [0.5, 0.6) is 0 Å². The molecule has 0 saturated heterocycles. The van der Waals surface area contributed by atoms with Crippen LogP contribution in [0.15, 0.2) is 18.2 Å². The van der Waals surface area contributed by atoms with E-state index in [0.29, 0.717) is 0 Å². The monoisotopic (exact) mass is 282 g/mol. The topological polar surface area (TPSA) is 29.5 Å². The van der Waals surface area contributed by atoms with Crippen molar-refractivity contribution in [1.29, 1.82) is 0 Å². The van der Waals surface area contributed by atoms with Crippen molar-refractivity contribution in [2.45, 2.75) is 39.3 Å². The van der Waals surface area contributed by atoms with Gasteiger partial charge in [-0.2, -0.15) is 0 Å². The molecule has 0 spiro atoms. The average molecular weight is 283 g/mol. The van der Waals surface area contributed by atoms with E-state index in [2.05, 4.69) is 44.4 Å². The fraction of sp³-hybridized carbons (Fsp3) is 0.500. The van der Waals surface area contributed by atoms with E-state index in [0.717, 1.165) is 0 Å². The summed E-state index contributed by atoms with van der Waals surface area (Å²) in [7, 11) is -5.81. The van der Waals surface area contributed by atoms with E-state index in [9.17, 15) is 4.80 Å². The molecule has 1 aromatic carbocycles. The largest absolute Gasteiger partial charge is 0.449 e. The second-order valence-corrected chi connectivity index (χ2v) is 18.0. The van der Waals surface area contributed by atoms with Crippen LogP contribution in [-0.2, 0) is 4.12 Å². The second-order valence-electron chi connectivity index (χ2n) is 6.41. The van der Waals surface area contributed by atoms with Gasteiger partial charge >= 0.3 is 0 Å². The molecule has 2 rings (SSSR count). The lowest BCUT2D eigenvalue weighted by atomic mass is 10.3. The average Bonchev–Trinajstić information content (AvgIpc) is 2.31. The van der Waals surface area contributed by atoms with Gasteiger partial charge in [0.2, 0.25) is 25.0 Å². The molecule has 1 aromatic rings. The van der Waals surface area contributed by atoms with Crippen LogP contribution in [0, 0.1) is 0 Å². The normalized spacial score (nSPS) is 21.4. The van der Waals surface area contributed by atoms with Gasteiger partial charge in [0.15, 0.2) is 0 Å². The molecule has 1 aliphatic rings. The van der Waals surface area contributed by atoms with Gasteiger partial charge in [-0.05, 0) is 54.8 Å². The first-order chi connectivity index (χ1) is 7.56. The molecule has 5 heteroatoms. The van der Waals surface area contributed by atoms with Crippen LogP contribution < -0.4 is 15.6 Å². The molecule has 1 heterocycles. The number of rotatable bonds is 1. The minimum Gasteiger partial charge on any atom is -0.449 e. The van der Waals surface area contributed by atoms with Crippen LogP contribution in [0.1, 0.15) is 0 Å². The zero-order chi connectivity index (χ0) is 13.1. The van der Waals surface area contributed by atoms with E-state index in [1.807, 2.05) is 13.1 Å². The summed E-state index contributed by atoms with van der Waals surface area (Å²) in [6.45, 7) is 13.1. The summed E-state index contributed by atoms with van der Waals surface area (Å²) in [6, 6.07) is 6.42. The van der Waals surface area contributed by atoms with E-state index in [1.165, 1.54) is 15.6 Å². The van der Waals surface area contributed by atoms with Crippen LogP contribution in [0.2, 0.25) is 39.3 Å². The van der Waals surface area contributed by atoms with Gasteiger partial charge in [0.05, 0.1) is 0 Å². The van der Waals surface area contributed by atoms with Gasteiger partial charge in [0, 0.05) is 0 Å². The molecular formula is C12H22O2Si3. The Hall–Kier alpha value is -0.209. The maximum atomic E-state index is 10.5. The Bertz CT molecular complexity index is 461. The molecule has 0 amide bonds. The Balaban J connectivity index is 2.75. The zero-order valence-corrected chi connectivity index (χ0v) is 14.6. The summed E-state index contributed by atoms with van der Waals surface area (Å²) in [5.41, 5.74) is 0. The molecule has 1 N–H and O–H groups in total. The van der Waals surface area contributed by atoms with Gasteiger partial charge in [-0.15, -0.1) is 0 Å². The van der Waals surface area contributed by atoms with Crippen molar-refractivity contribution in [2.24, 2.45) is 0 Å². The van der Waals surface area contributed by atoms with E-state index in [-0.39, 0.29) is 0 Å². The molecule has 0 unspecified atom stereocenters. The minimum atomic E-state index is -2.26. The first kappa shape index (κ1) is 13.2. The molecular weight excluding hydrogens is 260 g/mol. The lowest BCUT2D eigenvalue weighted by Crippen LogP contribution is -2.61. The summed E-state index contributed by atoms with van der Waals surface area (Å²) in [6.07, 6.45) is 0. The molecule has 0 saturated carbocycles. The van der Waals surface area contributed by atoms with Gasteiger partial charge in [0.25, 0.3) is 0 Å². The Morgan fingerprint density at radius 1 is 1.06 bits per heavy atom.